The lowest BCUT2D eigenvalue weighted by Gasteiger charge is -2.31. The van der Waals surface area contributed by atoms with E-state index >= 15 is 0 Å². The average molecular weight is 567 g/mol. The predicted octanol–water partition coefficient (Wildman–Crippen LogP) is 4.07. The van der Waals surface area contributed by atoms with Gasteiger partial charge in [0.1, 0.15) is 11.5 Å². The van der Waals surface area contributed by atoms with Crippen molar-refractivity contribution < 1.29 is 28.7 Å². The van der Waals surface area contributed by atoms with E-state index in [4.69, 9.17) is 9.47 Å². The minimum atomic E-state index is -0.826. The first-order valence-corrected chi connectivity index (χ1v) is 15.0. The summed E-state index contributed by atoms with van der Waals surface area (Å²) < 4.78 is 12.2. The molecular weight excluding hydrogens is 518 g/mol. The van der Waals surface area contributed by atoms with Gasteiger partial charge in [0.15, 0.2) is 0 Å². The Morgan fingerprint density at radius 2 is 1.88 bits per heavy atom. The van der Waals surface area contributed by atoms with Gasteiger partial charge < -0.3 is 24.0 Å². The van der Waals surface area contributed by atoms with Crippen molar-refractivity contribution in [1.82, 2.24) is 9.80 Å². The van der Waals surface area contributed by atoms with Crippen molar-refractivity contribution in [2.24, 2.45) is 5.92 Å². The standard InChI is InChI=1S/C33H47N3O5/c1-6-7-16-34(17-10-18-36(2,3)4)31(37)23-35-22-27(24-13-14-30-26(20-24)15-19-41-30)32(33(38)39)28(35)21-25-11-8-9-12-29(25)40-5/h8-9,11-14,20,27-28,32H,6-7,10,15-19,21-23H2,1-5H3/p+1. The fourth-order valence-electron chi connectivity index (χ4n) is 6.34. The van der Waals surface area contributed by atoms with Crippen molar-refractivity contribution in [3.63, 3.8) is 0 Å². The van der Waals surface area contributed by atoms with Gasteiger partial charge in [-0.2, -0.15) is 0 Å². The Morgan fingerprint density at radius 1 is 1.12 bits per heavy atom. The molecule has 8 nitrogen and oxygen atoms in total. The van der Waals surface area contributed by atoms with Crippen LogP contribution in [0, 0.1) is 5.92 Å². The predicted molar refractivity (Wildman–Crippen MR) is 161 cm³/mol. The number of nitrogens with zero attached hydrogens (tertiary/aromatic N) is 3. The Morgan fingerprint density at radius 3 is 2.59 bits per heavy atom. The highest BCUT2D eigenvalue weighted by atomic mass is 16.5. The van der Waals surface area contributed by atoms with Gasteiger partial charge >= 0.3 is 5.97 Å². The zero-order valence-electron chi connectivity index (χ0n) is 25.5. The molecule has 1 amide bonds. The number of likely N-dealkylation sites (tertiary alicyclic amines) is 1. The molecule has 0 saturated carbocycles. The van der Waals surface area contributed by atoms with Crippen LogP contribution in [0.1, 0.15) is 48.8 Å². The van der Waals surface area contributed by atoms with E-state index in [1.807, 2.05) is 41.3 Å². The van der Waals surface area contributed by atoms with Crippen LogP contribution in [0.25, 0.3) is 0 Å². The van der Waals surface area contributed by atoms with Gasteiger partial charge in [0, 0.05) is 44.4 Å². The van der Waals surface area contributed by atoms with Crippen molar-refractivity contribution in [2.75, 3.05) is 67.6 Å². The molecule has 1 N–H and O–H groups in total. The molecule has 2 aliphatic heterocycles. The second-order valence-corrected chi connectivity index (χ2v) is 12.6. The van der Waals surface area contributed by atoms with E-state index in [-0.39, 0.29) is 24.4 Å². The lowest BCUT2D eigenvalue weighted by molar-refractivity contribution is -0.870. The van der Waals surface area contributed by atoms with Crippen molar-refractivity contribution >= 4 is 11.9 Å². The topological polar surface area (TPSA) is 79.3 Å². The van der Waals surface area contributed by atoms with Gasteiger partial charge in [0.05, 0.1) is 53.9 Å². The maximum absolute atomic E-state index is 13.8. The maximum Gasteiger partial charge on any atom is 0.308 e. The fourth-order valence-corrected chi connectivity index (χ4v) is 6.34. The molecule has 3 atom stereocenters. The first-order chi connectivity index (χ1) is 19.6. The van der Waals surface area contributed by atoms with Crippen LogP contribution in [0.4, 0.5) is 0 Å². The molecule has 2 aliphatic rings. The average Bonchev–Trinajstić information content (AvgIpc) is 3.54. The number of benzene rings is 2. The lowest BCUT2D eigenvalue weighted by Crippen LogP contribution is -2.46. The van der Waals surface area contributed by atoms with Gasteiger partial charge in [0.2, 0.25) is 5.91 Å². The smallest absolute Gasteiger partial charge is 0.308 e. The number of carbonyl (C=O) groups is 2. The van der Waals surface area contributed by atoms with Gasteiger partial charge in [-0.05, 0) is 41.7 Å². The molecule has 0 aliphatic carbocycles. The second kappa shape index (κ2) is 13.7. The number of carbonyl (C=O) groups excluding carboxylic acids is 1. The number of aliphatic carboxylic acids is 1. The number of fused-ring (bicyclic) bond motifs is 1. The minimum absolute atomic E-state index is 0.0806. The summed E-state index contributed by atoms with van der Waals surface area (Å²) in [6, 6.07) is 13.5. The number of ether oxygens (including phenoxy) is 2. The van der Waals surface area contributed by atoms with E-state index < -0.39 is 11.9 Å². The highest BCUT2D eigenvalue weighted by molar-refractivity contribution is 5.79. The van der Waals surface area contributed by atoms with Crippen molar-refractivity contribution in [3.05, 3.63) is 59.2 Å². The largest absolute Gasteiger partial charge is 0.496 e. The van der Waals surface area contributed by atoms with Gasteiger partial charge in [-0.25, -0.2) is 0 Å². The van der Waals surface area contributed by atoms with E-state index in [2.05, 4.69) is 39.0 Å². The van der Waals surface area contributed by atoms with Crippen LogP contribution in [0.2, 0.25) is 0 Å². The van der Waals surface area contributed by atoms with Crippen LogP contribution in [0.5, 0.6) is 11.5 Å². The molecule has 2 aromatic rings. The Bertz CT molecular complexity index is 1190. The molecule has 0 spiro atoms. The molecule has 4 rings (SSSR count). The van der Waals surface area contributed by atoms with Crippen molar-refractivity contribution in [1.29, 1.82) is 0 Å². The molecule has 224 valence electrons. The number of para-hydroxylation sites is 1. The third-order valence-electron chi connectivity index (χ3n) is 8.53. The monoisotopic (exact) mass is 566 g/mol. The number of quaternary nitrogens is 1. The summed E-state index contributed by atoms with van der Waals surface area (Å²) in [6.45, 7) is 5.96. The van der Waals surface area contributed by atoms with Crippen molar-refractivity contribution in [3.8, 4) is 11.5 Å². The molecule has 0 aromatic heterocycles. The summed E-state index contributed by atoms with van der Waals surface area (Å²) in [6.07, 6.45) is 4.24. The van der Waals surface area contributed by atoms with E-state index in [0.717, 1.165) is 78.0 Å². The third kappa shape index (κ3) is 7.80. The molecule has 2 heterocycles. The summed E-state index contributed by atoms with van der Waals surface area (Å²) in [5.41, 5.74) is 3.09. The molecule has 2 aromatic carbocycles. The van der Waals surface area contributed by atoms with E-state index in [0.29, 0.717) is 19.6 Å². The number of amides is 1. The van der Waals surface area contributed by atoms with E-state index in [9.17, 15) is 14.7 Å². The number of carboxylic acids is 1. The van der Waals surface area contributed by atoms with Gasteiger partial charge in [-0.1, -0.05) is 43.7 Å². The first kappa shape index (κ1) is 30.8. The zero-order valence-corrected chi connectivity index (χ0v) is 25.5. The van der Waals surface area contributed by atoms with Crippen LogP contribution in [-0.2, 0) is 22.4 Å². The number of hydrogen-bond donors (Lipinski definition) is 1. The number of rotatable bonds is 14. The van der Waals surface area contributed by atoms with E-state index in [1.54, 1.807) is 7.11 Å². The quantitative estimate of drug-likeness (QED) is 0.348. The second-order valence-electron chi connectivity index (χ2n) is 12.6. The Hall–Kier alpha value is -3.10. The molecule has 1 saturated heterocycles. The van der Waals surface area contributed by atoms with Crippen LogP contribution in [0.15, 0.2) is 42.5 Å². The Kier molecular flexibility index (Phi) is 10.3. The zero-order chi connectivity index (χ0) is 29.6. The molecule has 1 fully saturated rings. The number of carboxylic acid groups (broad SMARTS) is 1. The van der Waals surface area contributed by atoms with Crippen LogP contribution in [0.3, 0.4) is 0 Å². The number of hydrogen-bond acceptors (Lipinski definition) is 5. The van der Waals surface area contributed by atoms with Crippen LogP contribution >= 0.6 is 0 Å². The summed E-state index contributed by atoms with van der Waals surface area (Å²) in [5, 5.41) is 10.6. The Labute approximate surface area is 245 Å². The third-order valence-corrected chi connectivity index (χ3v) is 8.53. The minimum Gasteiger partial charge on any atom is -0.496 e. The summed E-state index contributed by atoms with van der Waals surface area (Å²) >= 11 is 0. The molecule has 41 heavy (non-hydrogen) atoms. The highest BCUT2D eigenvalue weighted by Gasteiger charge is 2.47. The van der Waals surface area contributed by atoms with Gasteiger partial charge in [0.25, 0.3) is 0 Å². The maximum atomic E-state index is 13.8. The molecule has 8 heteroatoms. The Balaban J connectivity index is 1.62. The fraction of sp³-hybridized carbons (Fsp3) is 0.576. The molecule has 3 unspecified atom stereocenters. The normalized spacial score (nSPS) is 20.5. The molecule has 0 bridgehead atoms. The van der Waals surface area contributed by atoms with Gasteiger partial charge in [-0.3, -0.25) is 14.5 Å². The van der Waals surface area contributed by atoms with Crippen molar-refractivity contribution in [2.45, 2.75) is 51.0 Å². The van der Waals surface area contributed by atoms with E-state index in [1.165, 1.54) is 0 Å². The molecular formula is C33H48N3O5+. The van der Waals surface area contributed by atoms with Crippen LogP contribution < -0.4 is 9.47 Å². The summed E-state index contributed by atoms with van der Waals surface area (Å²) in [5.74, 6) is -0.00411. The first-order valence-electron chi connectivity index (χ1n) is 15.0. The number of methoxy groups -OCH3 is 1. The summed E-state index contributed by atoms with van der Waals surface area (Å²) in [4.78, 5) is 30.9. The summed E-state index contributed by atoms with van der Waals surface area (Å²) in [7, 11) is 8.15. The van der Waals surface area contributed by atoms with Crippen LogP contribution in [-0.4, -0.2) is 105 Å². The van der Waals surface area contributed by atoms with Gasteiger partial charge in [-0.15, -0.1) is 0 Å². The SMILES string of the molecule is CCCCN(CCC[N+](C)(C)C)C(=O)CN1CC(c2ccc3c(c2)CCO3)C(C(=O)O)C1Cc1ccccc1OC. The highest BCUT2D eigenvalue weighted by Crippen LogP contribution is 2.41. The molecule has 0 radical (unpaired) electrons. The number of unbranched alkanes of at least 4 members (excludes halogenated alkanes) is 1. The lowest BCUT2D eigenvalue weighted by atomic mass is 9.82.